The standard InChI is InChI=1S/C14H20N2O2/c1-3-5-10(2)8-11-9-15-14-12(11)6-4-7-13(14)16(17)18/h4,6-7,10-11,15H,3,5,8-9H2,1-2H3. The van der Waals surface area contributed by atoms with Gasteiger partial charge in [0.05, 0.1) is 4.92 Å². The van der Waals surface area contributed by atoms with Gasteiger partial charge >= 0.3 is 0 Å². The van der Waals surface area contributed by atoms with Crippen LogP contribution >= 0.6 is 0 Å². The largest absolute Gasteiger partial charge is 0.379 e. The molecular formula is C14H20N2O2. The van der Waals surface area contributed by atoms with Crippen molar-refractivity contribution in [3.05, 3.63) is 33.9 Å². The first kappa shape index (κ1) is 12.9. The second-order valence-electron chi connectivity index (χ2n) is 5.21. The van der Waals surface area contributed by atoms with Gasteiger partial charge in [-0.15, -0.1) is 0 Å². The molecule has 18 heavy (non-hydrogen) atoms. The molecule has 1 aliphatic rings. The summed E-state index contributed by atoms with van der Waals surface area (Å²) in [4.78, 5) is 10.7. The molecule has 4 heteroatoms. The SMILES string of the molecule is CCCC(C)CC1CNc2c1cccc2[N+](=O)[O-]. The van der Waals surface area contributed by atoms with E-state index in [1.165, 1.54) is 12.8 Å². The maximum absolute atomic E-state index is 11.0. The molecule has 0 radical (unpaired) electrons. The molecule has 0 aromatic heterocycles. The molecule has 0 saturated heterocycles. The van der Waals surface area contributed by atoms with Gasteiger partial charge in [0, 0.05) is 18.5 Å². The van der Waals surface area contributed by atoms with Crippen LogP contribution in [0.25, 0.3) is 0 Å². The van der Waals surface area contributed by atoms with E-state index >= 15 is 0 Å². The molecule has 0 bridgehead atoms. The van der Waals surface area contributed by atoms with E-state index in [1.54, 1.807) is 12.1 Å². The monoisotopic (exact) mass is 248 g/mol. The molecule has 1 aliphatic heterocycles. The Balaban J connectivity index is 2.18. The highest BCUT2D eigenvalue weighted by molar-refractivity contribution is 5.70. The van der Waals surface area contributed by atoms with Crippen LogP contribution in [0.5, 0.6) is 0 Å². The number of rotatable bonds is 5. The van der Waals surface area contributed by atoms with Gasteiger partial charge in [0.2, 0.25) is 0 Å². The van der Waals surface area contributed by atoms with Gasteiger partial charge in [-0.1, -0.05) is 38.8 Å². The first-order valence-electron chi connectivity index (χ1n) is 6.64. The molecule has 4 nitrogen and oxygen atoms in total. The number of fused-ring (bicyclic) bond motifs is 1. The van der Waals surface area contributed by atoms with Gasteiger partial charge in [-0.05, 0) is 17.9 Å². The zero-order chi connectivity index (χ0) is 13.1. The number of nitrogens with zero attached hydrogens (tertiary/aromatic N) is 1. The van der Waals surface area contributed by atoms with E-state index < -0.39 is 0 Å². The number of nitro groups is 1. The smallest absolute Gasteiger partial charge is 0.292 e. The van der Waals surface area contributed by atoms with E-state index in [-0.39, 0.29) is 10.6 Å². The number of nitro benzene ring substituents is 1. The van der Waals surface area contributed by atoms with Crippen molar-refractivity contribution in [3.63, 3.8) is 0 Å². The maximum Gasteiger partial charge on any atom is 0.292 e. The molecule has 2 unspecified atom stereocenters. The Bertz CT molecular complexity index is 445. The normalized spacial score (nSPS) is 19.1. The van der Waals surface area contributed by atoms with Crippen molar-refractivity contribution < 1.29 is 4.92 Å². The fourth-order valence-corrected chi connectivity index (χ4v) is 2.88. The Morgan fingerprint density at radius 3 is 3.00 bits per heavy atom. The summed E-state index contributed by atoms with van der Waals surface area (Å²) in [5.41, 5.74) is 2.06. The van der Waals surface area contributed by atoms with Crippen LogP contribution < -0.4 is 5.32 Å². The summed E-state index contributed by atoms with van der Waals surface area (Å²) in [7, 11) is 0. The summed E-state index contributed by atoms with van der Waals surface area (Å²) in [6, 6.07) is 5.39. The lowest BCUT2D eigenvalue weighted by Gasteiger charge is -2.15. The lowest BCUT2D eigenvalue weighted by molar-refractivity contribution is -0.383. The molecule has 0 saturated carbocycles. The third kappa shape index (κ3) is 2.47. The summed E-state index contributed by atoms with van der Waals surface area (Å²) in [5.74, 6) is 1.09. The maximum atomic E-state index is 11.0. The Morgan fingerprint density at radius 2 is 2.33 bits per heavy atom. The van der Waals surface area contributed by atoms with Crippen LogP contribution in [0.3, 0.4) is 0 Å². The summed E-state index contributed by atoms with van der Waals surface area (Å²) < 4.78 is 0. The topological polar surface area (TPSA) is 55.2 Å². The Hall–Kier alpha value is -1.58. The van der Waals surface area contributed by atoms with E-state index in [0.717, 1.165) is 24.2 Å². The average Bonchev–Trinajstić information content (AvgIpc) is 2.72. The zero-order valence-corrected chi connectivity index (χ0v) is 11.0. The number of hydrogen-bond donors (Lipinski definition) is 1. The highest BCUT2D eigenvalue weighted by atomic mass is 16.6. The third-order valence-electron chi connectivity index (χ3n) is 3.70. The molecule has 1 aromatic carbocycles. The zero-order valence-electron chi connectivity index (χ0n) is 11.0. The van der Waals surface area contributed by atoms with Gasteiger partial charge < -0.3 is 5.32 Å². The van der Waals surface area contributed by atoms with Crippen LogP contribution in [0, 0.1) is 16.0 Å². The fourth-order valence-electron chi connectivity index (χ4n) is 2.88. The van der Waals surface area contributed by atoms with Crippen molar-refractivity contribution in [1.29, 1.82) is 0 Å². The molecule has 2 rings (SSSR count). The van der Waals surface area contributed by atoms with Crippen molar-refractivity contribution in [2.75, 3.05) is 11.9 Å². The molecule has 1 aromatic rings. The minimum Gasteiger partial charge on any atom is -0.379 e. The van der Waals surface area contributed by atoms with Crippen LogP contribution in [0.2, 0.25) is 0 Å². The second kappa shape index (κ2) is 5.38. The van der Waals surface area contributed by atoms with E-state index in [4.69, 9.17) is 0 Å². The number of anilines is 1. The van der Waals surface area contributed by atoms with Gasteiger partial charge in [-0.3, -0.25) is 10.1 Å². The molecule has 1 heterocycles. The fraction of sp³-hybridized carbons (Fsp3) is 0.571. The average molecular weight is 248 g/mol. The predicted molar refractivity (Wildman–Crippen MR) is 73.0 cm³/mol. The van der Waals surface area contributed by atoms with Gasteiger partial charge in [0.25, 0.3) is 5.69 Å². The van der Waals surface area contributed by atoms with Crippen molar-refractivity contribution in [2.45, 2.75) is 39.0 Å². The summed E-state index contributed by atoms with van der Waals surface area (Å²) >= 11 is 0. The highest BCUT2D eigenvalue weighted by Crippen LogP contribution is 2.41. The molecule has 0 fully saturated rings. The predicted octanol–water partition coefficient (Wildman–Crippen LogP) is 3.93. The summed E-state index contributed by atoms with van der Waals surface area (Å²) in [6.07, 6.45) is 3.53. The van der Waals surface area contributed by atoms with Crippen LogP contribution in [-0.4, -0.2) is 11.5 Å². The number of benzene rings is 1. The van der Waals surface area contributed by atoms with Gasteiger partial charge in [0.15, 0.2) is 0 Å². The van der Waals surface area contributed by atoms with Crippen molar-refractivity contribution in [3.8, 4) is 0 Å². The van der Waals surface area contributed by atoms with Crippen molar-refractivity contribution in [1.82, 2.24) is 0 Å². The van der Waals surface area contributed by atoms with Gasteiger partial charge in [0.1, 0.15) is 5.69 Å². The third-order valence-corrected chi connectivity index (χ3v) is 3.70. The van der Waals surface area contributed by atoms with Crippen LogP contribution in [0.4, 0.5) is 11.4 Å². The van der Waals surface area contributed by atoms with E-state index in [2.05, 4.69) is 19.2 Å². The second-order valence-corrected chi connectivity index (χ2v) is 5.21. The van der Waals surface area contributed by atoms with Gasteiger partial charge in [-0.25, -0.2) is 0 Å². The molecular weight excluding hydrogens is 228 g/mol. The molecule has 1 N–H and O–H groups in total. The Morgan fingerprint density at radius 1 is 1.56 bits per heavy atom. The van der Waals surface area contributed by atoms with E-state index in [9.17, 15) is 10.1 Å². The Kier molecular flexibility index (Phi) is 3.84. The number of para-hydroxylation sites is 1. The summed E-state index contributed by atoms with van der Waals surface area (Å²) in [5, 5.41) is 14.2. The molecule has 0 amide bonds. The first-order valence-corrected chi connectivity index (χ1v) is 6.64. The minimum atomic E-state index is -0.302. The Labute approximate surface area is 108 Å². The van der Waals surface area contributed by atoms with Crippen molar-refractivity contribution >= 4 is 11.4 Å². The molecule has 2 atom stereocenters. The quantitative estimate of drug-likeness (QED) is 0.634. The minimum absolute atomic E-state index is 0.207. The van der Waals surface area contributed by atoms with E-state index in [1.807, 2.05) is 6.07 Å². The summed E-state index contributed by atoms with van der Waals surface area (Å²) in [6.45, 7) is 5.29. The lowest BCUT2D eigenvalue weighted by atomic mass is 9.89. The molecule has 0 aliphatic carbocycles. The van der Waals surface area contributed by atoms with Crippen LogP contribution in [0.15, 0.2) is 18.2 Å². The van der Waals surface area contributed by atoms with E-state index in [0.29, 0.717) is 11.8 Å². The number of nitrogens with one attached hydrogen (secondary N) is 1. The number of hydrogen-bond acceptors (Lipinski definition) is 3. The molecule has 98 valence electrons. The highest BCUT2D eigenvalue weighted by Gasteiger charge is 2.29. The molecule has 0 spiro atoms. The van der Waals surface area contributed by atoms with Crippen molar-refractivity contribution in [2.24, 2.45) is 5.92 Å². The van der Waals surface area contributed by atoms with Crippen LogP contribution in [0.1, 0.15) is 44.6 Å². The lowest BCUT2D eigenvalue weighted by Crippen LogP contribution is -2.07. The van der Waals surface area contributed by atoms with Crippen LogP contribution in [-0.2, 0) is 0 Å². The van der Waals surface area contributed by atoms with Gasteiger partial charge in [-0.2, -0.15) is 0 Å². The first-order chi connectivity index (χ1) is 8.63.